The van der Waals surface area contributed by atoms with Gasteiger partial charge in [-0.05, 0) is 56.7 Å². The van der Waals surface area contributed by atoms with E-state index in [0.717, 1.165) is 5.69 Å². The second-order valence-electron chi connectivity index (χ2n) is 4.80. The molecule has 0 aliphatic rings. The van der Waals surface area contributed by atoms with E-state index >= 15 is 0 Å². The van der Waals surface area contributed by atoms with Gasteiger partial charge in [-0.3, -0.25) is 0 Å². The minimum Gasteiger partial charge on any atom is -0.378 e. The first-order valence-corrected chi connectivity index (χ1v) is 7.27. The van der Waals surface area contributed by atoms with Gasteiger partial charge in [0.1, 0.15) is 0 Å². The third-order valence-corrected chi connectivity index (χ3v) is 4.06. The number of thiophene rings is 1. The number of nitrogens with two attached hydrogens (primary N) is 1. The van der Waals surface area contributed by atoms with E-state index < -0.39 is 6.03 Å². The first kappa shape index (κ1) is 14.4. The van der Waals surface area contributed by atoms with Crippen LogP contribution in [0.25, 0.3) is 0 Å². The van der Waals surface area contributed by atoms with Crippen LogP contribution in [0, 0.1) is 13.8 Å². The van der Waals surface area contributed by atoms with Crippen molar-refractivity contribution in [2.45, 2.75) is 26.8 Å². The molecular formula is C15H19N3OS. The molecule has 2 amide bonds. The molecule has 0 bridgehead atoms. The van der Waals surface area contributed by atoms with Gasteiger partial charge < -0.3 is 16.4 Å². The average molecular weight is 289 g/mol. The number of aryl methyl sites for hydroxylation is 2. The van der Waals surface area contributed by atoms with Gasteiger partial charge in [-0.2, -0.15) is 0 Å². The Morgan fingerprint density at radius 1 is 1.20 bits per heavy atom. The zero-order chi connectivity index (χ0) is 14.7. The summed E-state index contributed by atoms with van der Waals surface area (Å²) in [7, 11) is 0. The third-order valence-electron chi connectivity index (χ3n) is 3.08. The maximum Gasteiger partial charge on any atom is 0.316 e. The molecule has 0 aliphatic carbocycles. The number of nitrogens with one attached hydrogen (secondary N) is 2. The number of hydrogen-bond acceptors (Lipinski definition) is 3. The molecule has 0 aliphatic heterocycles. The lowest BCUT2D eigenvalue weighted by atomic mass is 10.1. The topological polar surface area (TPSA) is 67.2 Å². The Morgan fingerprint density at radius 3 is 2.30 bits per heavy atom. The van der Waals surface area contributed by atoms with Gasteiger partial charge in [0.2, 0.25) is 0 Å². The summed E-state index contributed by atoms with van der Waals surface area (Å²) in [5, 5.41) is 6.00. The molecule has 2 rings (SSSR count). The van der Waals surface area contributed by atoms with Crippen molar-refractivity contribution in [1.29, 1.82) is 0 Å². The van der Waals surface area contributed by atoms with Gasteiger partial charge in [0, 0.05) is 27.2 Å². The summed E-state index contributed by atoms with van der Waals surface area (Å²) in [6, 6.07) is 9.42. The van der Waals surface area contributed by atoms with Crippen molar-refractivity contribution in [3.05, 3.63) is 45.6 Å². The van der Waals surface area contributed by atoms with Crippen LogP contribution in [0.4, 0.5) is 16.2 Å². The van der Waals surface area contributed by atoms with Crippen LogP contribution in [0.2, 0.25) is 0 Å². The number of primary amides is 1. The summed E-state index contributed by atoms with van der Waals surface area (Å²) in [5.74, 6) is 0. The fraction of sp³-hybridized carbons (Fsp3) is 0.267. The molecule has 5 heteroatoms. The van der Waals surface area contributed by atoms with E-state index in [9.17, 15) is 4.79 Å². The number of hydrogen-bond donors (Lipinski definition) is 3. The molecule has 0 radical (unpaired) electrons. The minimum absolute atomic E-state index is 0.245. The van der Waals surface area contributed by atoms with Crippen molar-refractivity contribution in [3.8, 4) is 0 Å². The van der Waals surface area contributed by atoms with Crippen molar-refractivity contribution in [1.82, 2.24) is 0 Å². The number of rotatable bonds is 4. The molecule has 4 N–H and O–H groups in total. The Bertz CT molecular complexity index is 604. The highest BCUT2D eigenvalue weighted by Gasteiger charge is 2.11. The van der Waals surface area contributed by atoms with E-state index in [0.29, 0.717) is 5.69 Å². The van der Waals surface area contributed by atoms with Gasteiger partial charge >= 0.3 is 6.03 Å². The highest BCUT2D eigenvalue weighted by Crippen LogP contribution is 2.28. The Morgan fingerprint density at radius 2 is 1.80 bits per heavy atom. The van der Waals surface area contributed by atoms with Crippen molar-refractivity contribution in [2.75, 3.05) is 10.6 Å². The quantitative estimate of drug-likeness (QED) is 0.795. The van der Waals surface area contributed by atoms with E-state index in [1.54, 1.807) is 0 Å². The number of anilines is 2. The summed E-state index contributed by atoms with van der Waals surface area (Å²) < 4.78 is 0. The predicted octanol–water partition coefficient (Wildman–Crippen LogP) is 4.03. The fourth-order valence-electron chi connectivity index (χ4n) is 2.20. The molecule has 2 aromatic rings. The number of carbonyl (C=O) groups is 1. The van der Waals surface area contributed by atoms with Crippen molar-refractivity contribution in [2.24, 2.45) is 5.73 Å². The first-order chi connectivity index (χ1) is 9.45. The maximum absolute atomic E-state index is 10.8. The van der Waals surface area contributed by atoms with Crippen LogP contribution in [0.15, 0.2) is 30.3 Å². The summed E-state index contributed by atoms with van der Waals surface area (Å²) in [6.45, 7) is 6.41. The van der Waals surface area contributed by atoms with Gasteiger partial charge in [-0.25, -0.2) is 4.79 Å². The fourth-order valence-corrected chi connectivity index (χ4v) is 3.22. The Kier molecular flexibility index (Phi) is 4.29. The lowest BCUT2D eigenvalue weighted by Crippen LogP contribution is -2.19. The molecule has 0 saturated carbocycles. The lowest BCUT2D eigenvalue weighted by molar-refractivity contribution is 0.259. The highest BCUT2D eigenvalue weighted by molar-refractivity contribution is 7.12. The van der Waals surface area contributed by atoms with Crippen LogP contribution in [0.5, 0.6) is 0 Å². The predicted molar refractivity (Wildman–Crippen MR) is 85.5 cm³/mol. The molecule has 0 saturated heterocycles. The van der Waals surface area contributed by atoms with Crippen LogP contribution in [-0.4, -0.2) is 6.03 Å². The van der Waals surface area contributed by atoms with E-state index in [4.69, 9.17) is 5.73 Å². The minimum atomic E-state index is -0.552. The largest absolute Gasteiger partial charge is 0.378 e. The first-order valence-electron chi connectivity index (χ1n) is 6.45. The second kappa shape index (κ2) is 5.96. The highest BCUT2D eigenvalue weighted by atomic mass is 32.1. The normalized spacial score (nSPS) is 11.9. The summed E-state index contributed by atoms with van der Waals surface area (Å²) in [5.41, 5.74) is 8.10. The zero-order valence-corrected chi connectivity index (χ0v) is 12.7. The van der Waals surface area contributed by atoms with E-state index in [1.807, 2.05) is 35.6 Å². The van der Waals surface area contributed by atoms with Crippen LogP contribution < -0.4 is 16.4 Å². The lowest BCUT2D eigenvalue weighted by Gasteiger charge is -2.15. The van der Waals surface area contributed by atoms with Gasteiger partial charge in [0.25, 0.3) is 0 Å². The van der Waals surface area contributed by atoms with Crippen LogP contribution in [0.3, 0.4) is 0 Å². The van der Waals surface area contributed by atoms with Gasteiger partial charge in [0.05, 0.1) is 0 Å². The van der Waals surface area contributed by atoms with Gasteiger partial charge in [-0.1, -0.05) is 0 Å². The summed E-state index contributed by atoms with van der Waals surface area (Å²) in [4.78, 5) is 13.4. The van der Waals surface area contributed by atoms with Crippen LogP contribution in [0.1, 0.15) is 28.3 Å². The Hall–Kier alpha value is -2.01. The number of benzene rings is 1. The Balaban J connectivity index is 2.06. The van der Waals surface area contributed by atoms with Crippen molar-refractivity contribution >= 4 is 28.7 Å². The Labute approximate surface area is 123 Å². The molecule has 4 nitrogen and oxygen atoms in total. The average Bonchev–Trinajstić information content (AvgIpc) is 2.70. The number of amides is 2. The van der Waals surface area contributed by atoms with Crippen LogP contribution in [-0.2, 0) is 0 Å². The van der Waals surface area contributed by atoms with E-state index in [2.05, 4.69) is 37.5 Å². The molecule has 106 valence electrons. The van der Waals surface area contributed by atoms with Crippen molar-refractivity contribution in [3.63, 3.8) is 0 Å². The molecule has 0 fully saturated rings. The third kappa shape index (κ3) is 3.51. The van der Waals surface area contributed by atoms with E-state index in [1.165, 1.54) is 15.3 Å². The molecular weight excluding hydrogens is 270 g/mol. The molecule has 1 aromatic heterocycles. The SMILES string of the molecule is Cc1cc(C(C)Nc2ccc(NC(N)=O)cc2)c(C)s1. The number of carbonyl (C=O) groups excluding carboxylic acids is 1. The second-order valence-corrected chi connectivity index (χ2v) is 6.26. The molecule has 1 unspecified atom stereocenters. The summed E-state index contributed by atoms with van der Waals surface area (Å²) in [6.07, 6.45) is 0. The summed E-state index contributed by atoms with van der Waals surface area (Å²) >= 11 is 1.82. The van der Waals surface area contributed by atoms with Gasteiger partial charge in [-0.15, -0.1) is 11.3 Å². The molecule has 1 atom stereocenters. The smallest absolute Gasteiger partial charge is 0.316 e. The zero-order valence-electron chi connectivity index (χ0n) is 11.9. The van der Waals surface area contributed by atoms with Crippen LogP contribution >= 0.6 is 11.3 Å². The molecule has 0 spiro atoms. The number of urea groups is 1. The van der Waals surface area contributed by atoms with Crippen molar-refractivity contribution < 1.29 is 4.79 Å². The molecule has 1 heterocycles. The standard InChI is InChI=1S/C15H19N3OS/c1-9-8-14(11(3)20-9)10(2)17-12-4-6-13(7-5-12)18-15(16)19/h4-8,10,17H,1-3H3,(H3,16,18,19). The van der Waals surface area contributed by atoms with Gasteiger partial charge in [0.15, 0.2) is 0 Å². The van der Waals surface area contributed by atoms with E-state index in [-0.39, 0.29) is 6.04 Å². The molecule has 1 aromatic carbocycles. The maximum atomic E-state index is 10.8. The molecule has 20 heavy (non-hydrogen) atoms. The monoisotopic (exact) mass is 289 g/mol.